The van der Waals surface area contributed by atoms with Gasteiger partial charge in [-0.3, -0.25) is 10.1 Å². The number of nitro benzene ring substituents is 1. The summed E-state index contributed by atoms with van der Waals surface area (Å²) in [4.78, 5) is 19.5. The summed E-state index contributed by atoms with van der Waals surface area (Å²) >= 11 is 0. The number of hydrogen-bond acceptors (Lipinski definition) is 7. The second-order valence-electron chi connectivity index (χ2n) is 5.70. The molecule has 134 valence electrons. The van der Waals surface area contributed by atoms with Crippen LogP contribution in [0.5, 0.6) is 0 Å². The lowest BCUT2D eigenvalue weighted by molar-refractivity contribution is -0.383. The highest BCUT2D eigenvalue weighted by Crippen LogP contribution is 2.32. The third-order valence-electron chi connectivity index (χ3n) is 4.02. The fraction of sp³-hybridized carbons (Fsp3) is 0.222. The number of nitro groups is 1. The standard InChI is InChI=1S/C18H20N6O2/c1-3-20-16-9-15-14(8-17(16)24(25)26)18(23-11-22-15)21-10-12-4-6-13(19-2)7-5-12/h4-9,11,19-20H,3,10H2,1-2H3,(H,21,22,23). The van der Waals surface area contributed by atoms with Crippen molar-refractivity contribution in [3.8, 4) is 0 Å². The van der Waals surface area contributed by atoms with Crippen molar-refractivity contribution >= 4 is 33.8 Å². The molecule has 8 nitrogen and oxygen atoms in total. The predicted molar refractivity (Wildman–Crippen MR) is 104 cm³/mol. The number of rotatable bonds is 7. The average molecular weight is 352 g/mol. The van der Waals surface area contributed by atoms with Gasteiger partial charge in [0.05, 0.1) is 10.4 Å². The maximum atomic E-state index is 11.4. The van der Waals surface area contributed by atoms with Gasteiger partial charge >= 0.3 is 0 Å². The molecule has 0 saturated heterocycles. The summed E-state index contributed by atoms with van der Waals surface area (Å²) in [5, 5.41) is 21.3. The smallest absolute Gasteiger partial charge is 0.293 e. The maximum Gasteiger partial charge on any atom is 0.293 e. The van der Waals surface area contributed by atoms with Crippen LogP contribution < -0.4 is 16.0 Å². The lowest BCUT2D eigenvalue weighted by Gasteiger charge is -2.11. The van der Waals surface area contributed by atoms with Gasteiger partial charge in [0.2, 0.25) is 0 Å². The molecule has 3 rings (SSSR count). The number of anilines is 3. The van der Waals surface area contributed by atoms with E-state index in [9.17, 15) is 10.1 Å². The summed E-state index contributed by atoms with van der Waals surface area (Å²) in [6.45, 7) is 3.03. The first-order valence-corrected chi connectivity index (χ1v) is 8.30. The fourth-order valence-electron chi connectivity index (χ4n) is 2.69. The van der Waals surface area contributed by atoms with Crippen molar-refractivity contribution < 1.29 is 4.92 Å². The molecule has 0 atom stereocenters. The Morgan fingerprint density at radius 3 is 2.54 bits per heavy atom. The van der Waals surface area contributed by atoms with Gasteiger partial charge in [0.25, 0.3) is 5.69 Å². The zero-order chi connectivity index (χ0) is 18.5. The van der Waals surface area contributed by atoms with Gasteiger partial charge in [0, 0.05) is 37.3 Å². The molecule has 0 unspecified atom stereocenters. The van der Waals surface area contributed by atoms with Crippen LogP contribution in [-0.4, -0.2) is 28.5 Å². The Kier molecular flexibility index (Phi) is 5.12. The summed E-state index contributed by atoms with van der Waals surface area (Å²) in [6.07, 6.45) is 1.45. The third kappa shape index (κ3) is 3.64. The van der Waals surface area contributed by atoms with Crippen molar-refractivity contribution in [3.05, 3.63) is 58.4 Å². The van der Waals surface area contributed by atoms with E-state index in [-0.39, 0.29) is 5.69 Å². The van der Waals surface area contributed by atoms with Crippen molar-refractivity contribution in [1.82, 2.24) is 9.97 Å². The molecule has 1 heterocycles. The highest BCUT2D eigenvalue weighted by atomic mass is 16.6. The number of nitrogens with one attached hydrogen (secondary N) is 3. The van der Waals surface area contributed by atoms with E-state index in [0.29, 0.717) is 35.5 Å². The van der Waals surface area contributed by atoms with E-state index in [4.69, 9.17) is 0 Å². The van der Waals surface area contributed by atoms with Crippen LogP contribution in [-0.2, 0) is 6.54 Å². The molecule has 0 aliphatic heterocycles. The average Bonchev–Trinajstić information content (AvgIpc) is 2.66. The molecule has 26 heavy (non-hydrogen) atoms. The molecule has 1 aromatic heterocycles. The minimum Gasteiger partial charge on any atom is -0.388 e. The van der Waals surface area contributed by atoms with Gasteiger partial charge < -0.3 is 16.0 Å². The Morgan fingerprint density at radius 1 is 1.12 bits per heavy atom. The fourth-order valence-corrected chi connectivity index (χ4v) is 2.69. The molecule has 2 aromatic carbocycles. The van der Waals surface area contributed by atoms with Gasteiger partial charge in [-0.2, -0.15) is 0 Å². The largest absolute Gasteiger partial charge is 0.388 e. The zero-order valence-electron chi connectivity index (χ0n) is 14.6. The van der Waals surface area contributed by atoms with Crippen LogP contribution in [0.25, 0.3) is 10.9 Å². The van der Waals surface area contributed by atoms with Gasteiger partial charge in [0.1, 0.15) is 17.8 Å². The van der Waals surface area contributed by atoms with E-state index in [0.717, 1.165) is 11.3 Å². The van der Waals surface area contributed by atoms with Crippen molar-refractivity contribution in [2.24, 2.45) is 0 Å². The lowest BCUT2D eigenvalue weighted by atomic mass is 10.1. The van der Waals surface area contributed by atoms with Crippen molar-refractivity contribution in [1.29, 1.82) is 0 Å². The Morgan fingerprint density at radius 2 is 1.88 bits per heavy atom. The quantitative estimate of drug-likeness (QED) is 0.440. The van der Waals surface area contributed by atoms with Gasteiger partial charge in [-0.05, 0) is 30.7 Å². The van der Waals surface area contributed by atoms with E-state index < -0.39 is 4.92 Å². The van der Waals surface area contributed by atoms with E-state index in [1.807, 2.05) is 38.2 Å². The summed E-state index contributed by atoms with van der Waals surface area (Å²) < 4.78 is 0. The van der Waals surface area contributed by atoms with Crippen molar-refractivity contribution in [2.75, 3.05) is 29.5 Å². The molecule has 0 fully saturated rings. The lowest BCUT2D eigenvalue weighted by Crippen LogP contribution is -2.05. The van der Waals surface area contributed by atoms with Crippen LogP contribution in [0.4, 0.5) is 22.9 Å². The highest BCUT2D eigenvalue weighted by molar-refractivity contribution is 5.94. The van der Waals surface area contributed by atoms with E-state index in [2.05, 4.69) is 25.9 Å². The second-order valence-corrected chi connectivity index (χ2v) is 5.70. The number of nitrogens with zero attached hydrogens (tertiary/aromatic N) is 3. The SMILES string of the molecule is CCNc1cc2ncnc(NCc3ccc(NC)cc3)c2cc1[N+](=O)[O-]. The summed E-state index contributed by atoms with van der Waals surface area (Å²) in [5.74, 6) is 0.568. The first kappa shape index (κ1) is 17.4. The summed E-state index contributed by atoms with van der Waals surface area (Å²) in [7, 11) is 1.87. The minimum atomic E-state index is -0.398. The monoisotopic (exact) mass is 352 g/mol. The number of fused-ring (bicyclic) bond motifs is 1. The first-order valence-electron chi connectivity index (χ1n) is 8.30. The van der Waals surface area contributed by atoms with Gasteiger partial charge in [-0.25, -0.2) is 9.97 Å². The summed E-state index contributed by atoms with van der Waals surface area (Å²) in [5.41, 5.74) is 3.23. The zero-order valence-corrected chi connectivity index (χ0v) is 14.6. The van der Waals surface area contributed by atoms with Crippen LogP contribution in [0.2, 0.25) is 0 Å². The first-order chi connectivity index (χ1) is 12.6. The Bertz CT molecular complexity index is 927. The van der Waals surface area contributed by atoms with Crippen LogP contribution in [0.1, 0.15) is 12.5 Å². The van der Waals surface area contributed by atoms with Crippen LogP contribution in [0.15, 0.2) is 42.7 Å². The maximum absolute atomic E-state index is 11.4. The molecule has 0 bridgehead atoms. The normalized spacial score (nSPS) is 10.5. The Hall–Kier alpha value is -3.42. The van der Waals surface area contributed by atoms with Crippen LogP contribution in [0, 0.1) is 10.1 Å². The van der Waals surface area contributed by atoms with Gasteiger partial charge in [-0.15, -0.1) is 0 Å². The van der Waals surface area contributed by atoms with Crippen LogP contribution in [0.3, 0.4) is 0 Å². The number of benzene rings is 2. The van der Waals surface area contributed by atoms with E-state index >= 15 is 0 Å². The molecule has 3 N–H and O–H groups in total. The van der Waals surface area contributed by atoms with Crippen LogP contribution >= 0.6 is 0 Å². The molecule has 3 aromatic rings. The topological polar surface area (TPSA) is 105 Å². The Labute approximate surface area is 150 Å². The molecule has 0 saturated carbocycles. The van der Waals surface area contributed by atoms with Gasteiger partial charge in [-0.1, -0.05) is 12.1 Å². The summed E-state index contributed by atoms with van der Waals surface area (Å²) in [6, 6.07) is 11.2. The van der Waals surface area contributed by atoms with Gasteiger partial charge in [0.15, 0.2) is 0 Å². The molecule has 0 aliphatic carbocycles. The third-order valence-corrected chi connectivity index (χ3v) is 4.02. The number of hydrogen-bond donors (Lipinski definition) is 3. The highest BCUT2D eigenvalue weighted by Gasteiger charge is 2.17. The molecule has 0 spiro atoms. The molecular weight excluding hydrogens is 332 g/mol. The van der Waals surface area contributed by atoms with E-state index in [1.165, 1.54) is 12.4 Å². The number of aromatic nitrogens is 2. The van der Waals surface area contributed by atoms with Crippen molar-refractivity contribution in [3.63, 3.8) is 0 Å². The van der Waals surface area contributed by atoms with E-state index in [1.54, 1.807) is 6.07 Å². The molecular formula is C18H20N6O2. The molecule has 8 heteroatoms. The second kappa shape index (κ2) is 7.64. The minimum absolute atomic E-state index is 0.00979. The molecule has 0 aliphatic rings. The Balaban J connectivity index is 1.92. The van der Waals surface area contributed by atoms with Crippen molar-refractivity contribution in [2.45, 2.75) is 13.5 Å². The molecule has 0 radical (unpaired) electrons. The molecule has 0 amide bonds. The predicted octanol–water partition coefficient (Wildman–Crippen LogP) is 3.62.